The number of aliphatic hydroxyl groups excluding tert-OH is 1. The first-order chi connectivity index (χ1) is 8.58. The number of nitrogens with one attached hydrogen (secondary N) is 2. The van der Waals surface area contributed by atoms with Crippen LogP contribution in [0.15, 0.2) is 0 Å². The van der Waals surface area contributed by atoms with E-state index in [2.05, 4.69) is 27.6 Å². The fourth-order valence-corrected chi connectivity index (χ4v) is 1.61. The van der Waals surface area contributed by atoms with Crippen molar-refractivity contribution in [3.05, 3.63) is 11.4 Å². The maximum atomic E-state index is 9.23. The average Bonchev–Trinajstić information content (AvgIpc) is 2.32. The van der Waals surface area contributed by atoms with Gasteiger partial charge < -0.3 is 15.8 Å². The van der Waals surface area contributed by atoms with Crippen molar-refractivity contribution >= 4 is 11.6 Å². The number of nitrogen functional groups attached to an aromatic ring is 1. The SMILES string of the molecule is CCCc1nc(NN)c(C)c(NCCC(C)O)n1. The van der Waals surface area contributed by atoms with Crippen LogP contribution in [0.25, 0.3) is 0 Å². The van der Waals surface area contributed by atoms with Gasteiger partial charge in [-0.05, 0) is 26.7 Å². The van der Waals surface area contributed by atoms with E-state index >= 15 is 0 Å². The Bertz CT molecular complexity index is 381. The van der Waals surface area contributed by atoms with Gasteiger partial charge in [0.25, 0.3) is 0 Å². The van der Waals surface area contributed by atoms with Crippen molar-refractivity contribution in [2.24, 2.45) is 5.84 Å². The van der Waals surface area contributed by atoms with E-state index in [1.54, 1.807) is 6.92 Å². The van der Waals surface area contributed by atoms with Gasteiger partial charge in [0.1, 0.15) is 17.5 Å². The summed E-state index contributed by atoms with van der Waals surface area (Å²) in [7, 11) is 0. The number of hydrogen-bond acceptors (Lipinski definition) is 6. The van der Waals surface area contributed by atoms with Crippen molar-refractivity contribution < 1.29 is 5.11 Å². The molecule has 1 heterocycles. The van der Waals surface area contributed by atoms with E-state index < -0.39 is 0 Å². The topological polar surface area (TPSA) is 96.1 Å². The molecule has 0 aliphatic rings. The minimum absolute atomic E-state index is 0.318. The van der Waals surface area contributed by atoms with Crippen LogP contribution >= 0.6 is 0 Å². The van der Waals surface area contributed by atoms with E-state index in [4.69, 9.17) is 5.84 Å². The van der Waals surface area contributed by atoms with Gasteiger partial charge in [0.15, 0.2) is 0 Å². The molecule has 6 heteroatoms. The lowest BCUT2D eigenvalue weighted by Crippen LogP contribution is -2.16. The Labute approximate surface area is 108 Å². The molecule has 0 spiro atoms. The van der Waals surface area contributed by atoms with Gasteiger partial charge in [0.2, 0.25) is 0 Å². The molecule has 5 N–H and O–H groups in total. The van der Waals surface area contributed by atoms with Crippen LogP contribution in [0.3, 0.4) is 0 Å². The molecule has 6 nitrogen and oxygen atoms in total. The normalized spacial score (nSPS) is 12.3. The maximum absolute atomic E-state index is 9.23. The molecule has 0 aliphatic carbocycles. The van der Waals surface area contributed by atoms with Crippen molar-refractivity contribution in [2.45, 2.75) is 46.1 Å². The number of nitrogens with two attached hydrogens (primary N) is 1. The second kappa shape index (κ2) is 7.13. The third kappa shape index (κ3) is 4.12. The van der Waals surface area contributed by atoms with Crippen molar-refractivity contribution in [3.63, 3.8) is 0 Å². The molecule has 0 saturated heterocycles. The van der Waals surface area contributed by atoms with Crippen LogP contribution in [0.1, 0.15) is 38.1 Å². The Balaban J connectivity index is 2.83. The molecule has 1 aromatic rings. The number of hydrazine groups is 1. The third-order valence-electron chi connectivity index (χ3n) is 2.66. The summed E-state index contributed by atoms with van der Waals surface area (Å²) in [6, 6.07) is 0. The Morgan fingerprint density at radius 1 is 1.33 bits per heavy atom. The summed E-state index contributed by atoms with van der Waals surface area (Å²) in [6.07, 6.45) is 2.17. The van der Waals surface area contributed by atoms with Gasteiger partial charge in [-0.3, -0.25) is 0 Å². The summed E-state index contributed by atoms with van der Waals surface area (Å²) < 4.78 is 0. The van der Waals surface area contributed by atoms with E-state index in [9.17, 15) is 5.11 Å². The Morgan fingerprint density at radius 2 is 2.00 bits per heavy atom. The van der Waals surface area contributed by atoms with Gasteiger partial charge in [-0.15, -0.1) is 0 Å². The van der Waals surface area contributed by atoms with Gasteiger partial charge >= 0.3 is 0 Å². The molecular weight excluding hydrogens is 230 g/mol. The summed E-state index contributed by atoms with van der Waals surface area (Å²) in [6.45, 7) is 6.43. The van der Waals surface area contributed by atoms with Crippen LogP contribution < -0.4 is 16.6 Å². The smallest absolute Gasteiger partial charge is 0.148 e. The Morgan fingerprint density at radius 3 is 2.56 bits per heavy atom. The highest BCUT2D eigenvalue weighted by atomic mass is 16.3. The van der Waals surface area contributed by atoms with Crippen LogP contribution in [0.2, 0.25) is 0 Å². The molecule has 102 valence electrons. The third-order valence-corrected chi connectivity index (χ3v) is 2.66. The van der Waals surface area contributed by atoms with Crippen LogP contribution in [-0.4, -0.2) is 27.7 Å². The monoisotopic (exact) mass is 253 g/mol. The molecule has 0 fully saturated rings. The predicted octanol–water partition coefficient (Wildman–Crippen LogP) is 1.21. The van der Waals surface area contributed by atoms with Crippen LogP contribution in [0, 0.1) is 6.92 Å². The Hall–Kier alpha value is -1.40. The number of aliphatic hydroxyl groups is 1. The highest BCUT2D eigenvalue weighted by Gasteiger charge is 2.09. The zero-order valence-electron chi connectivity index (χ0n) is 11.3. The molecule has 0 amide bonds. The van der Waals surface area contributed by atoms with Crippen LogP contribution in [0.5, 0.6) is 0 Å². The number of anilines is 2. The Kier molecular flexibility index (Phi) is 5.80. The van der Waals surface area contributed by atoms with E-state index in [1.165, 1.54) is 0 Å². The summed E-state index contributed by atoms with van der Waals surface area (Å²) in [5, 5.41) is 12.4. The minimum Gasteiger partial charge on any atom is -0.393 e. The summed E-state index contributed by atoms with van der Waals surface area (Å²) >= 11 is 0. The molecule has 1 unspecified atom stereocenters. The van der Waals surface area contributed by atoms with Gasteiger partial charge in [-0.1, -0.05) is 6.92 Å². The standard InChI is InChI=1S/C12H23N5O/c1-4-5-10-15-11(14-7-6-8(2)18)9(3)12(16-10)17-13/h8,18H,4-7,13H2,1-3H3,(H2,14,15,16,17). The zero-order valence-corrected chi connectivity index (χ0v) is 11.3. The summed E-state index contributed by atoms with van der Waals surface area (Å²) in [5.41, 5.74) is 3.48. The van der Waals surface area contributed by atoms with E-state index in [0.717, 1.165) is 30.0 Å². The van der Waals surface area contributed by atoms with Crippen molar-refractivity contribution in [3.8, 4) is 0 Å². The fraction of sp³-hybridized carbons (Fsp3) is 0.667. The van der Waals surface area contributed by atoms with E-state index in [1.807, 2.05) is 6.92 Å². The maximum Gasteiger partial charge on any atom is 0.148 e. The molecule has 1 rings (SSSR count). The molecule has 0 aliphatic heterocycles. The molecular formula is C12H23N5O. The lowest BCUT2D eigenvalue weighted by Gasteiger charge is -2.14. The van der Waals surface area contributed by atoms with Crippen molar-refractivity contribution in [2.75, 3.05) is 17.3 Å². The summed E-state index contributed by atoms with van der Waals surface area (Å²) in [4.78, 5) is 8.82. The highest BCUT2D eigenvalue weighted by molar-refractivity contribution is 5.56. The first kappa shape index (κ1) is 14.7. The summed E-state index contributed by atoms with van der Waals surface area (Å²) in [5.74, 6) is 7.65. The second-order valence-corrected chi connectivity index (χ2v) is 4.42. The average molecular weight is 253 g/mol. The van der Waals surface area contributed by atoms with Crippen molar-refractivity contribution in [1.82, 2.24) is 9.97 Å². The molecule has 0 radical (unpaired) electrons. The fourth-order valence-electron chi connectivity index (χ4n) is 1.61. The molecule has 1 atom stereocenters. The van der Waals surface area contributed by atoms with Gasteiger partial charge in [-0.2, -0.15) is 0 Å². The van der Waals surface area contributed by atoms with Gasteiger partial charge in [-0.25, -0.2) is 15.8 Å². The minimum atomic E-state index is -0.318. The molecule has 0 aromatic carbocycles. The number of aromatic nitrogens is 2. The highest BCUT2D eigenvalue weighted by Crippen LogP contribution is 2.19. The van der Waals surface area contributed by atoms with Crippen molar-refractivity contribution in [1.29, 1.82) is 0 Å². The molecule has 0 bridgehead atoms. The second-order valence-electron chi connectivity index (χ2n) is 4.42. The predicted molar refractivity (Wildman–Crippen MR) is 73.4 cm³/mol. The van der Waals surface area contributed by atoms with Gasteiger partial charge in [0.05, 0.1) is 6.10 Å². The van der Waals surface area contributed by atoms with Gasteiger partial charge in [0, 0.05) is 18.5 Å². The molecule has 0 saturated carbocycles. The lowest BCUT2D eigenvalue weighted by atomic mass is 10.2. The molecule has 1 aromatic heterocycles. The first-order valence-electron chi connectivity index (χ1n) is 6.34. The van der Waals surface area contributed by atoms with E-state index in [-0.39, 0.29) is 6.10 Å². The van der Waals surface area contributed by atoms with E-state index in [0.29, 0.717) is 18.8 Å². The number of rotatable bonds is 7. The zero-order chi connectivity index (χ0) is 13.5. The largest absolute Gasteiger partial charge is 0.393 e. The van der Waals surface area contributed by atoms with Crippen LogP contribution in [-0.2, 0) is 6.42 Å². The number of aryl methyl sites for hydroxylation is 1. The molecule has 18 heavy (non-hydrogen) atoms. The quantitative estimate of drug-likeness (QED) is 0.431. The first-order valence-corrected chi connectivity index (χ1v) is 6.34. The number of nitrogens with zero attached hydrogens (tertiary/aromatic N) is 2. The van der Waals surface area contributed by atoms with Crippen LogP contribution in [0.4, 0.5) is 11.6 Å². The lowest BCUT2D eigenvalue weighted by molar-refractivity contribution is 0.188. The number of hydrogen-bond donors (Lipinski definition) is 4.